The van der Waals surface area contributed by atoms with Crippen LogP contribution in [0.4, 0.5) is 5.82 Å². The number of hydrogen-bond acceptors (Lipinski definition) is 5. The summed E-state index contributed by atoms with van der Waals surface area (Å²) in [7, 11) is 3.76. The van der Waals surface area contributed by atoms with Crippen molar-refractivity contribution in [1.29, 1.82) is 0 Å². The summed E-state index contributed by atoms with van der Waals surface area (Å²) in [4.78, 5) is 19.9. The van der Waals surface area contributed by atoms with E-state index in [1.54, 1.807) is 24.0 Å². The second-order valence-electron chi connectivity index (χ2n) is 5.67. The van der Waals surface area contributed by atoms with Crippen molar-refractivity contribution in [2.75, 3.05) is 32.1 Å². The molecule has 0 aromatic carbocycles. The molecule has 2 N–H and O–H groups in total. The molecule has 0 radical (unpaired) electrons. The van der Waals surface area contributed by atoms with Gasteiger partial charge in [0.15, 0.2) is 0 Å². The van der Waals surface area contributed by atoms with E-state index in [9.17, 15) is 15.0 Å². The molecule has 0 aliphatic carbocycles. The predicted octanol–water partition coefficient (Wildman–Crippen LogP) is 0.105. The molecular formula is C14H21N3O3. The fourth-order valence-corrected chi connectivity index (χ4v) is 2.17. The molecule has 1 aromatic heterocycles. The Morgan fingerprint density at radius 1 is 1.50 bits per heavy atom. The van der Waals surface area contributed by atoms with E-state index in [-0.39, 0.29) is 12.5 Å². The first-order valence-corrected chi connectivity index (χ1v) is 6.64. The molecule has 0 bridgehead atoms. The van der Waals surface area contributed by atoms with E-state index < -0.39 is 11.7 Å². The van der Waals surface area contributed by atoms with Crippen LogP contribution in [0.2, 0.25) is 0 Å². The molecule has 0 spiro atoms. The first kappa shape index (κ1) is 14.7. The molecular weight excluding hydrogens is 258 g/mol. The summed E-state index contributed by atoms with van der Waals surface area (Å²) in [5.74, 6) is 0.612. The van der Waals surface area contributed by atoms with E-state index in [0.717, 1.165) is 5.82 Å². The minimum atomic E-state index is -1.12. The van der Waals surface area contributed by atoms with Gasteiger partial charge in [-0.05, 0) is 25.5 Å². The lowest BCUT2D eigenvalue weighted by molar-refractivity contribution is -0.0999. The molecule has 0 unspecified atom stereocenters. The number of carbonyl (C=O) groups excluding carboxylic acids is 1. The zero-order chi connectivity index (χ0) is 14.9. The number of aliphatic hydroxyl groups excluding tert-OH is 1. The highest BCUT2D eigenvalue weighted by Crippen LogP contribution is 2.23. The van der Waals surface area contributed by atoms with Gasteiger partial charge in [-0.3, -0.25) is 4.79 Å². The average molecular weight is 279 g/mol. The van der Waals surface area contributed by atoms with Gasteiger partial charge in [-0.1, -0.05) is 0 Å². The van der Waals surface area contributed by atoms with Crippen molar-refractivity contribution < 1.29 is 15.0 Å². The first-order chi connectivity index (χ1) is 9.31. The summed E-state index contributed by atoms with van der Waals surface area (Å²) < 4.78 is 0. The van der Waals surface area contributed by atoms with Crippen molar-refractivity contribution in [3.8, 4) is 0 Å². The highest BCUT2D eigenvalue weighted by atomic mass is 16.3. The lowest BCUT2D eigenvalue weighted by Gasteiger charge is -2.39. The quantitative estimate of drug-likeness (QED) is 0.803. The maximum Gasteiger partial charge on any atom is 0.255 e. The Bertz CT molecular complexity index is 485. The van der Waals surface area contributed by atoms with Crippen molar-refractivity contribution in [1.82, 2.24) is 9.88 Å². The van der Waals surface area contributed by atoms with Gasteiger partial charge in [0.25, 0.3) is 5.91 Å². The van der Waals surface area contributed by atoms with Gasteiger partial charge >= 0.3 is 0 Å². The second-order valence-corrected chi connectivity index (χ2v) is 5.67. The van der Waals surface area contributed by atoms with Crippen LogP contribution in [0.25, 0.3) is 0 Å². The lowest BCUT2D eigenvalue weighted by Crippen LogP contribution is -2.55. The SMILES string of the molecule is CN(C)c1ccc(C(=O)N2CC[C@](C)(O)[C@H](O)C2)cn1. The van der Waals surface area contributed by atoms with E-state index >= 15 is 0 Å². The molecule has 20 heavy (non-hydrogen) atoms. The first-order valence-electron chi connectivity index (χ1n) is 6.64. The van der Waals surface area contributed by atoms with Gasteiger partial charge in [0.05, 0.1) is 17.3 Å². The number of rotatable bonds is 2. The highest BCUT2D eigenvalue weighted by Gasteiger charge is 2.38. The molecule has 1 amide bonds. The fraction of sp³-hybridized carbons (Fsp3) is 0.571. The van der Waals surface area contributed by atoms with Gasteiger partial charge in [0.2, 0.25) is 0 Å². The van der Waals surface area contributed by atoms with Gasteiger partial charge in [-0.2, -0.15) is 0 Å². The number of β-amino-alcohol motifs (C(OH)–C–C–N with tert-alkyl or cyclic N) is 1. The van der Waals surface area contributed by atoms with Crippen LogP contribution in [0.5, 0.6) is 0 Å². The molecule has 6 heteroatoms. The molecule has 2 atom stereocenters. The largest absolute Gasteiger partial charge is 0.388 e. The van der Waals surface area contributed by atoms with Crippen molar-refractivity contribution >= 4 is 11.7 Å². The van der Waals surface area contributed by atoms with Gasteiger partial charge in [-0.25, -0.2) is 4.98 Å². The number of piperidine rings is 1. The molecule has 1 saturated heterocycles. The number of carbonyl (C=O) groups is 1. The molecule has 1 aliphatic heterocycles. The zero-order valence-corrected chi connectivity index (χ0v) is 12.1. The number of nitrogens with zero attached hydrogens (tertiary/aromatic N) is 3. The zero-order valence-electron chi connectivity index (χ0n) is 12.1. The third-order valence-electron chi connectivity index (χ3n) is 3.74. The highest BCUT2D eigenvalue weighted by molar-refractivity contribution is 5.94. The second kappa shape index (κ2) is 5.38. The molecule has 6 nitrogen and oxygen atoms in total. The lowest BCUT2D eigenvalue weighted by atomic mass is 9.90. The Morgan fingerprint density at radius 3 is 2.70 bits per heavy atom. The predicted molar refractivity (Wildman–Crippen MR) is 75.7 cm³/mol. The van der Waals surface area contributed by atoms with Crippen LogP contribution in [0.15, 0.2) is 18.3 Å². The topological polar surface area (TPSA) is 76.9 Å². The van der Waals surface area contributed by atoms with Crippen molar-refractivity contribution in [3.05, 3.63) is 23.9 Å². The number of pyridine rings is 1. The molecule has 1 aromatic rings. The van der Waals surface area contributed by atoms with Crippen LogP contribution < -0.4 is 4.90 Å². The molecule has 2 heterocycles. The molecule has 1 aliphatic rings. The van der Waals surface area contributed by atoms with Crippen LogP contribution in [-0.2, 0) is 0 Å². The van der Waals surface area contributed by atoms with Crippen LogP contribution in [0.1, 0.15) is 23.7 Å². The number of aromatic nitrogens is 1. The van der Waals surface area contributed by atoms with Crippen LogP contribution in [-0.4, -0.2) is 64.9 Å². The Hall–Kier alpha value is -1.66. The molecule has 0 saturated carbocycles. The van der Waals surface area contributed by atoms with Gasteiger partial charge < -0.3 is 20.0 Å². The fourth-order valence-electron chi connectivity index (χ4n) is 2.17. The Balaban J connectivity index is 2.08. The summed E-state index contributed by atoms with van der Waals surface area (Å²) in [6.45, 7) is 2.16. The summed E-state index contributed by atoms with van der Waals surface area (Å²) >= 11 is 0. The van der Waals surface area contributed by atoms with Gasteiger partial charge in [0.1, 0.15) is 5.82 Å². The molecule has 2 rings (SSSR count). The van der Waals surface area contributed by atoms with Crippen LogP contribution in [0, 0.1) is 0 Å². The minimum Gasteiger partial charge on any atom is -0.388 e. The number of likely N-dealkylation sites (tertiary alicyclic amines) is 1. The third-order valence-corrected chi connectivity index (χ3v) is 3.74. The maximum absolute atomic E-state index is 12.3. The standard InChI is InChI=1S/C14H21N3O3/c1-14(20)6-7-17(9-11(14)18)13(19)10-4-5-12(15-8-10)16(2)3/h4-5,8,11,18,20H,6-7,9H2,1-3H3/t11-,14+/m1/s1. The average Bonchev–Trinajstić information content (AvgIpc) is 2.41. The van der Waals surface area contributed by atoms with E-state index in [4.69, 9.17) is 0 Å². The number of amides is 1. The normalized spacial score (nSPS) is 26.4. The third kappa shape index (κ3) is 2.91. The number of aliphatic hydroxyl groups is 2. The maximum atomic E-state index is 12.3. The van der Waals surface area contributed by atoms with E-state index in [0.29, 0.717) is 18.5 Å². The summed E-state index contributed by atoms with van der Waals surface area (Å²) in [6.07, 6.45) is 0.981. The molecule has 1 fully saturated rings. The van der Waals surface area contributed by atoms with Crippen molar-refractivity contribution in [3.63, 3.8) is 0 Å². The van der Waals surface area contributed by atoms with Gasteiger partial charge in [0, 0.05) is 33.4 Å². The van der Waals surface area contributed by atoms with Gasteiger partial charge in [-0.15, -0.1) is 0 Å². The number of anilines is 1. The smallest absolute Gasteiger partial charge is 0.255 e. The summed E-state index contributed by atoms with van der Waals surface area (Å²) in [5.41, 5.74) is -0.631. The van der Waals surface area contributed by atoms with Crippen LogP contribution in [0.3, 0.4) is 0 Å². The Labute approximate surface area is 118 Å². The summed E-state index contributed by atoms with van der Waals surface area (Å²) in [5, 5.41) is 19.8. The van der Waals surface area contributed by atoms with Crippen LogP contribution >= 0.6 is 0 Å². The molecule has 110 valence electrons. The summed E-state index contributed by atoms with van der Waals surface area (Å²) in [6, 6.07) is 3.51. The Morgan fingerprint density at radius 2 is 2.20 bits per heavy atom. The Kier molecular flexibility index (Phi) is 3.96. The van der Waals surface area contributed by atoms with Crippen molar-refractivity contribution in [2.24, 2.45) is 0 Å². The minimum absolute atomic E-state index is 0.140. The van der Waals surface area contributed by atoms with E-state index in [2.05, 4.69) is 4.98 Å². The van der Waals surface area contributed by atoms with Crippen molar-refractivity contribution in [2.45, 2.75) is 25.0 Å². The van der Waals surface area contributed by atoms with E-state index in [1.807, 2.05) is 19.0 Å². The monoisotopic (exact) mass is 279 g/mol. The number of hydrogen-bond donors (Lipinski definition) is 2. The van der Waals surface area contributed by atoms with E-state index in [1.165, 1.54) is 6.20 Å².